The maximum atomic E-state index is 12.4. The van der Waals surface area contributed by atoms with Crippen molar-refractivity contribution in [1.82, 2.24) is 9.80 Å². The fourth-order valence-electron chi connectivity index (χ4n) is 3.05. The number of halogens is 3. The largest absolute Gasteiger partial charge is 0.573 e. The standard InChI is InChI=1S/C21H22F3N3O3S/c22-21(23,24)30-17-8-6-16(7-9-17)25-19(28)14-26-10-12-27(13-11-26)20(29)15-31-18-4-2-1-3-5-18/h1-9H,10-15H2,(H,25,28). The zero-order valence-electron chi connectivity index (χ0n) is 16.6. The number of carbonyl (C=O) groups excluding carboxylic acids is 2. The van der Waals surface area contributed by atoms with Gasteiger partial charge in [0.05, 0.1) is 12.3 Å². The monoisotopic (exact) mass is 453 g/mol. The van der Waals surface area contributed by atoms with Crippen LogP contribution in [0.1, 0.15) is 0 Å². The maximum Gasteiger partial charge on any atom is 0.573 e. The van der Waals surface area contributed by atoms with E-state index >= 15 is 0 Å². The van der Waals surface area contributed by atoms with E-state index in [9.17, 15) is 22.8 Å². The molecule has 166 valence electrons. The summed E-state index contributed by atoms with van der Waals surface area (Å²) in [5, 5.41) is 2.65. The van der Waals surface area contributed by atoms with Crippen LogP contribution in [-0.2, 0) is 9.59 Å². The molecule has 1 N–H and O–H groups in total. The van der Waals surface area contributed by atoms with E-state index in [4.69, 9.17) is 0 Å². The molecule has 31 heavy (non-hydrogen) atoms. The molecule has 0 unspecified atom stereocenters. The molecule has 6 nitrogen and oxygen atoms in total. The van der Waals surface area contributed by atoms with Gasteiger partial charge >= 0.3 is 6.36 Å². The van der Waals surface area contributed by atoms with E-state index in [1.54, 1.807) is 4.90 Å². The minimum absolute atomic E-state index is 0.0686. The smallest absolute Gasteiger partial charge is 0.406 e. The number of nitrogens with one attached hydrogen (secondary N) is 1. The second-order valence-electron chi connectivity index (χ2n) is 6.88. The number of rotatable bonds is 7. The van der Waals surface area contributed by atoms with Gasteiger partial charge in [-0.2, -0.15) is 0 Å². The zero-order valence-corrected chi connectivity index (χ0v) is 17.4. The van der Waals surface area contributed by atoms with Crippen LogP contribution in [0.25, 0.3) is 0 Å². The van der Waals surface area contributed by atoms with Crippen molar-refractivity contribution in [3.05, 3.63) is 54.6 Å². The molecule has 3 rings (SSSR count). The number of piperazine rings is 1. The van der Waals surface area contributed by atoms with Gasteiger partial charge in [0.15, 0.2) is 0 Å². The van der Waals surface area contributed by atoms with Crippen molar-refractivity contribution in [3.63, 3.8) is 0 Å². The van der Waals surface area contributed by atoms with Crippen LogP contribution in [-0.4, -0.2) is 66.5 Å². The summed E-state index contributed by atoms with van der Waals surface area (Å²) >= 11 is 1.50. The molecule has 0 aromatic heterocycles. The van der Waals surface area contributed by atoms with Gasteiger partial charge in [0, 0.05) is 36.8 Å². The predicted molar refractivity (Wildman–Crippen MR) is 112 cm³/mol. The Labute approximate surface area is 182 Å². The number of carbonyl (C=O) groups is 2. The lowest BCUT2D eigenvalue weighted by molar-refractivity contribution is -0.274. The summed E-state index contributed by atoms with van der Waals surface area (Å²) in [5.41, 5.74) is 0.381. The zero-order chi connectivity index (χ0) is 22.3. The lowest BCUT2D eigenvalue weighted by atomic mass is 10.3. The first kappa shape index (κ1) is 23.0. The highest BCUT2D eigenvalue weighted by molar-refractivity contribution is 8.00. The van der Waals surface area contributed by atoms with Gasteiger partial charge in [0.25, 0.3) is 0 Å². The van der Waals surface area contributed by atoms with Crippen molar-refractivity contribution in [2.24, 2.45) is 0 Å². The van der Waals surface area contributed by atoms with E-state index < -0.39 is 6.36 Å². The Balaban J connectivity index is 1.38. The van der Waals surface area contributed by atoms with Gasteiger partial charge in [0.1, 0.15) is 5.75 Å². The Kier molecular flexibility index (Phi) is 7.80. The van der Waals surface area contributed by atoms with Crippen LogP contribution in [0.15, 0.2) is 59.5 Å². The topological polar surface area (TPSA) is 61.9 Å². The fraction of sp³-hybridized carbons (Fsp3) is 0.333. The molecule has 1 saturated heterocycles. The van der Waals surface area contributed by atoms with Crippen molar-refractivity contribution in [1.29, 1.82) is 0 Å². The Morgan fingerprint density at radius 2 is 1.61 bits per heavy atom. The summed E-state index contributed by atoms with van der Waals surface area (Å²) in [6.07, 6.45) is -4.76. The maximum absolute atomic E-state index is 12.4. The molecule has 1 aliphatic heterocycles. The second kappa shape index (κ2) is 10.5. The molecule has 1 fully saturated rings. The molecule has 10 heteroatoms. The van der Waals surface area contributed by atoms with Crippen LogP contribution in [0.2, 0.25) is 0 Å². The average molecular weight is 453 g/mol. The van der Waals surface area contributed by atoms with Crippen LogP contribution in [0.3, 0.4) is 0 Å². The molecule has 1 aliphatic rings. The number of amides is 2. The van der Waals surface area contributed by atoms with Crippen molar-refractivity contribution >= 4 is 29.3 Å². The first-order chi connectivity index (χ1) is 14.8. The molecular weight excluding hydrogens is 431 g/mol. The Bertz CT molecular complexity index is 871. The minimum atomic E-state index is -4.76. The van der Waals surface area contributed by atoms with Gasteiger partial charge in [-0.05, 0) is 36.4 Å². The van der Waals surface area contributed by atoms with E-state index in [1.807, 2.05) is 35.2 Å². The van der Waals surface area contributed by atoms with E-state index in [1.165, 1.54) is 23.9 Å². The van der Waals surface area contributed by atoms with Crippen LogP contribution in [0.5, 0.6) is 5.75 Å². The summed E-state index contributed by atoms with van der Waals surface area (Å²) < 4.78 is 40.4. The van der Waals surface area contributed by atoms with Crippen molar-refractivity contribution in [2.45, 2.75) is 11.3 Å². The van der Waals surface area contributed by atoms with Gasteiger partial charge < -0.3 is 15.0 Å². The second-order valence-corrected chi connectivity index (χ2v) is 7.93. The minimum Gasteiger partial charge on any atom is -0.406 e. The van der Waals surface area contributed by atoms with E-state index in [-0.39, 0.29) is 24.1 Å². The number of alkyl halides is 3. The van der Waals surface area contributed by atoms with Gasteiger partial charge in [-0.25, -0.2) is 0 Å². The Morgan fingerprint density at radius 3 is 2.23 bits per heavy atom. The number of ether oxygens (including phenoxy) is 1. The van der Waals surface area contributed by atoms with Crippen LogP contribution >= 0.6 is 11.8 Å². The number of anilines is 1. The molecule has 0 spiro atoms. The summed E-state index contributed by atoms with van der Waals surface area (Å²) in [5.74, 6) is -0.182. The number of hydrogen-bond acceptors (Lipinski definition) is 5. The summed E-state index contributed by atoms with van der Waals surface area (Å²) in [4.78, 5) is 29.4. The molecule has 0 radical (unpaired) electrons. The summed E-state index contributed by atoms with van der Waals surface area (Å²) in [7, 11) is 0. The van der Waals surface area contributed by atoms with E-state index in [0.717, 1.165) is 17.0 Å². The molecule has 2 amide bonds. The normalized spacial score (nSPS) is 14.9. The third kappa shape index (κ3) is 7.80. The Hall–Kier alpha value is -2.72. The molecule has 0 saturated carbocycles. The third-order valence-electron chi connectivity index (χ3n) is 4.57. The van der Waals surface area contributed by atoms with Gasteiger partial charge in [0.2, 0.25) is 11.8 Å². The fourth-order valence-corrected chi connectivity index (χ4v) is 3.87. The highest BCUT2D eigenvalue weighted by Crippen LogP contribution is 2.24. The summed E-state index contributed by atoms with van der Waals surface area (Å²) in [6, 6.07) is 14.7. The third-order valence-corrected chi connectivity index (χ3v) is 5.57. The quantitative estimate of drug-likeness (QED) is 0.651. The van der Waals surface area contributed by atoms with Crippen molar-refractivity contribution < 1.29 is 27.5 Å². The molecule has 0 aliphatic carbocycles. The Morgan fingerprint density at radius 1 is 0.968 bits per heavy atom. The van der Waals surface area contributed by atoms with E-state index in [0.29, 0.717) is 37.6 Å². The highest BCUT2D eigenvalue weighted by Gasteiger charge is 2.31. The van der Waals surface area contributed by atoms with Crippen LogP contribution < -0.4 is 10.1 Å². The number of benzene rings is 2. The van der Waals surface area contributed by atoms with Gasteiger partial charge in [-0.1, -0.05) is 18.2 Å². The first-order valence-corrected chi connectivity index (χ1v) is 10.6. The number of nitrogens with zero attached hydrogens (tertiary/aromatic N) is 2. The van der Waals surface area contributed by atoms with Crippen molar-refractivity contribution in [3.8, 4) is 5.75 Å². The molecule has 1 heterocycles. The molecule has 2 aromatic rings. The van der Waals surface area contributed by atoms with Gasteiger partial charge in [-0.3, -0.25) is 14.5 Å². The first-order valence-electron chi connectivity index (χ1n) is 9.62. The molecule has 2 aromatic carbocycles. The predicted octanol–water partition coefficient (Wildman–Crippen LogP) is 3.46. The molecule has 0 atom stereocenters. The summed E-state index contributed by atoms with van der Waals surface area (Å²) in [6.45, 7) is 2.39. The number of hydrogen-bond donors (Lipinski definition) is 1. The number of thioether (sulfide) groups is 1. The lowest BCUT2D eigenvalue weighted by Gasteiger charge is -2.34. The van der Waals surface area contributed by atoms with Crippen molar-refractivity contribution in [2.75, 3.05) is 43.8 Å². The highest BCUT2D eigenvalue weighted by atomic mass is 32.2. The van der Waals surface area contributed by atoms with Gasteiger partial charge in [-0.15, -0.1) is 24.9 Å². The lowest BCUT2D eigenvalue weighted by Crippen LogP contribution is -2.50. The van der Waals surface area contributed by atoms with E-state index in [2.05, 4.69) is 10.1 Å². The average Bonchev–Trinajstić information content (AvgIpc) is 2.73. The van der Waals surface area contributed by atoms with Crippen LogP contribution in [0, 0.1) is 0 Å². The SMILES string of the molecule is O=C(CN1CCN(C(=O)CSc2ccccc2)CC1)Nc1ccc(OC(F)(F)F)cc1. The molecule has 0 bridgehead atoms. The molecular formula is C21H22F3N3O3S. The van der Waals surface area contributed by atoms with Crippen LogP contribution in [0.4, 0.5) is 18.9 Å².